The molecule has 1 saturated heterocycles. The minimum absolute atomic E-state index is 0.351. The molecule has 2 atom stereocenters. The fourth-order valence-corrected chi connectivity index (χ4v) is 3.70. The third kappa shape index (κ3) is 2.65. The van der Waals surface area contributed by atoms with Crippen molar-refractivity contribution in [1.82, 2.24) is 0 Å². The van der Waals surface area contributed by atoms with E-state index in [-0.39, 0.29) is 0 Å². The molecule has 0 aromatic heterocycles. The van der Waals surface area contributed by atoms with Crippen LogP contribution in [-0.2, 0) is 4.74 Å². The van der Waals surface area contributed by atoms with Crippen molar-refractivity contribution in [2.24, 2.45) is 5.73 Å². The molecule has 20 heavy (non-hydrogen) atoms. The summed E-state index contributed by atoms with van der Waals surface area (Å²) < 4.78 is 5.91. The van der Waals surface area contributed by atoms with Crippen molar-refractivity contribution in [2.45, 2.75) is 37.8 Å². The summed E-state index contributed by atoms with van der Waals surface area (Å²) in [5.41, 5.74) is 7.55. The SMILES string of the molecule is NC(=S)c1ccc(N2CCOC3CCCCC32)c(Cl)c1. The number of halogens is 1. The number of fused-ring (bicyclic) bond motifs is 1. The van der Waals surface area contributed by atoms with Crippen molar-refractivity contribution >= 4 is 34.5 Å². The Hall–Kier alpha value is -0.840. The van der Waals surface area contributed by atoms with E-state index in [0.717, 1.165) is 35.8 Å². The van der Waals surface area contributed by atoms with Crippen LogP contribution in [0.3, 0.4) is 0 Å². The maximum atomic E-state index is 6.44. The molecule has 108 valence electrons. The molecule has 1 aliphatic heterocycles. The molecule has 5 heteroatoms. The lowest BCUT2D eigenvalue weighted by molar-refractivity contribution is -0.00866. The summed E-state index contributed by atoms with van der Waals surface area (Å²) >= 11 is 11.4. The fraction of sp³-hybridized carbons (Fsp3) is 0.533. The maximum Gasteiger partial charge on any atom is 0.104 e. The Morgan fingerprint density at radius 3 is 2.90 bits per heavy atom. The number of hydrogen-bond donors (Lipinski definition) is 1. The average molecular weight is 311 g/mol. The van der Waals surface area contributed by atoms with Gasteiger partial charge in [-0.2, -0.15) is 0 Å². The van der Waals surface area contributed by atoms with Crippen LogP contribution in [0.2, 0.25) is 5.02 Å². The third-order valence-corrected chi connectivity index (χ3v) is 4.81. The molecule has 0 bridgehead atoms. The van der Waals surface area contributed by atoms with Crippen LogP contribution in [0.25, 0.3) is 0 Å². The summed E-state index contributed by atoms with van der Waals surface area (Å²) in [4.78, 5) is 2.79. The standard InChI is InChI=1S/C15H19ClN2OS/c16-11-9-10(15(17)20)5-6-12(11)18-7-8-19-14-4-2-1-3-13(14)18/h5-6,9,13-14H,1-4,7-8H2,(H2,17,20). The summed E-state index contributed by atoms with van der Waals surface area (Å²) in [5.74, 6) is 0. The molecule has 2 unspecified atom stereocenters. The first-order valence-corrected chi connectivity index (χ1v) is 7.93. The number of anilines is 1. The van der Waals surface area contributed by atoms with Crippen LogP contribution in [0, 0.1) is 0 Å². The van der Waals surface area contributed by atoms with Crippen LogP contribution in [0.1, 0.15) is 31.2 Å². The first-order valence-electron chi connectivity index (χ1n) is 7.14. The zero-order chi connectivity index (χ0) is 14.1. The molecule has 1 heterocycles. The highest BCUT2D eigenvalue weighted by molar-refractivity contribution is 7.80. The van der Waals surface area contributed by atoms with Crippen molar-refractivity contribution < 1.29 is 4.74 Å². The van der Waals surface area contributed by atoms with E-state index in [2.05, 4.69) is 4.90 Å². The molecule has 2 N–H and O–H groups in total. The van der Waals surface area contributed by atoms with E-state index in [1.165, 1.54) is 19.3 Å². The molecule has 0 amide bonds. The van der Waals surface area contributed by atoms with Gasteiger partial charge in [0.05, 0.1) is 29.5 Å². The Labute approximate surface area is 130 Å². The number of thiocarbonyl (C=S) groups is 1. The van der Waals surface area contributed by atoms with Crippen LogP contribution in [0.4, 0.5) is 5.69 Å². The first kappa shape index (κ1) is 14.1. The quantitative estimate of drug-likeness (QED) is 0.852. The Morgan fingerprint density at radius 2 is 2.15 bits per heavy atom. The van der Waals surface area contributed by atoms with Gasteiger partial charge in [0.1, 0.15) is 4.99 Å². The predicted molar refractivity (Wildman–Crippen MR) is 86.7 cm³/mol. The number of rotatable bonds is 2. The second-order valence-electron chi connectivity index (χ2n) is 5.48. The van der Waals surface area contributed by atoms with E-state index in [4.69, 9.17) is 34.3 Å². The molecule has 1 aromatic carbocycles. The molecule has 1 aliphatic carbocycles. The summed E-state index contributed by atoms with van der Waals surface area (Å²) in [6.07, 6.45) is 5.22. The van der Waals surface area contributed by atoms with Crippen LogP contribution in [0.15, 0.2) is 18.2 Å². The molecular formula is C15H19ClN2OS. The van der Waals surface area contributed by atoms with Crippen molar-refractivity contribution in [3.63, 3.8) is 0 Å². The van der Waals surface area contributed by atoms with Gasteiger partial charge in [-0.15, -0.1) is 0 Å². The average Bonchev–Trinajstić information content (AvgIpc) is 2.46. The van der Waals surface area contributed by atoms with E-state index in [1.54, 1.807) is 0 Å². The van der Waals surface area contributed by atoms with Crippen molar-refractivity contribution in [3.05, 3.63) is 28.8 Å². The van der Waals surface area contributed by atoms with E-state index in [9.17, 15) is 0 Å². The number of benzene rings is 1. The van der Waals surface area contributed by atoms with E-state index < -0.39 is 0 Å². The molecular weight excluding hydrogens is 292 g/mol. The number of nitrogens with zero attached hydrogens (tertiary/aromatic N) is 1. The second kappa shape index (κ2) is 5.88. The van der Waals surface area contributed by atoms with Gasteiger partial charge in [-0.1, -0.05) is 36.7 Å². The highest BCUT2D eigenvalue weighted by Crippen LogP contribution is 2.35. The molecule has 0 spiro atoms. The Balaban J connectivity index is 1.89. The zero-order valence-electron chi connectivity index (χ0n) is 11.3. The Bertz CT molecular complexity index is 521. The lowest BCUT2D eigenvalue weighted by Crippen LogP contribution is -2.53. The minimum Gasteiger partial charge on any atom is -0.389 e. The van der Waals surface area contributed by atoms with Gasteiger partial charge in [0, 0.05) is 12.1 Å². The Kier molecular flexibility index (Phi) is 4.15. The van der Waals surface area contributed by atoms with Gasteiger partial charge in [-0.3, -0.25) is 0 Å². The summed E-state index contributed by atoms with van der Waals surface area (Å²) in [5, 5.41) is 0.724. The van der Waals surface area contributed by atoms with Gasteiger partial charge in [0.2, 0.25) is 0 Å². The predicted octanol–water partition coefficient (Wildman–Crippen LogP) is 3.12. The second-order valence-corrected chi connectivity index (χ2v) is 6.33. The monoisotopic (exact) mass is 310 g/mol. The summed E-state index contributed by atoms with van der Waals surface area (Å²) in [7, 11) is 0. The van der Waals surface area contributed by atoms with E-state index in [0.29, 0.717) is 17.1 Å². The zero-order valence-corrected chi connectivity index (χ0v) is 12.9. The van der Waals surface area contributed by atoms with Crippen LogP contribution in [-0.4, -0.2) is 30.3 Å². The highest BCUT2D eigenvalue weighted by atomic mass is 35.5. The molecule has 2 fully saturated rings. The largest absolute Gasteiger partial charge is 0.389 e. The lowest BCUT2D eigenvalue weighted by atomic mass is 9.89. The Morgan fingerprint density at radius 1 is 1.35 bits per heavy atom. The van der Waals surface area contributed by atoms with E-state index >= 15 is 0 Å². The van der Waals surface area contributed by atoms with Gasteiger partial charge < -0.3 is 15.4 Å². The van der Waals surface area contributed by atoms with Gasteiger partial charge in [-0.05, 0) is 31.0 Å². The van der Waals surface area contributed by atoms with Crippen molar-refractivity contribution in [1.29, 1.82) is 0 Å². The van der Waals surface area contributed by atoms with Gasteiger partial charge in [0.15, 0.2) is 0 Å². The van der Waals surface area contributed by atoms with E-state index in [1.807, 2.05) is 18.2 Å². The first-order chi connectivity index (χ1) is 9.66. The fourth-order valence-electron chi connectivity index (χ4n) is 3.29. The molecule has 1 saturated carbocycles. The third-order valence-electron chi connectivity index (χ3n) is 4.27. The van der Waals surface area contributed by atoms with Crippen molar-refractivity contribution in [3.8, 4) is 0 Å². The summed E-state index contributed by atoms with van der Waals surface area (Å²) in [6, 6.07) is 6.31. The molecule has 2 aliphatic rings. The van der Waals surface area contributed by atoms with Crippen molar-refractivity contribution in [2.75, 3.05) is 18.1 Å². The molecule has 1 aromatic rings. The maximum absolute atomic E-state index is 6.44. The number of nitrogens with two attached hydrogens (primary N) is 1. The number of morpholine rings is 1. The van der Waals surface area contributed by atoms with Crippen LogP contribution < -0.4 is 10.6 Å². The van der Waals surface area contributed by atoms with Crippen LogP contribution >= 0.6 is 23.8 Å². The van der Waals surface area contributed by atoms with Crippen LogP contribution in [0.5, 0.6) is 0 Å². The molecule has 3 rings (SSSR count). The minimum atomic E-state index is 0.351. The molecule has 0 radical (unpaired) electrons. The van der Waals surface area contributed by atoms with Gasteiger partial charge in [0.25, 0.3) is 0 Å². The van der Waals surface area contributed by atoms with Gasteiger partial charge in [-0.25, -0.2) is 0 Å². The topological polar surface area (TPSA) is 38.5 Å². The molecule has 3 nitrogen and oxygen atoms in total. The normalized spacial score (nSPS) is 26.1. The number of hydrogen-bond acceptors (Lipinski definition) is 3. The number of ether oxygens (including phenoxy) is 1. The smallest absolute Gasteiger partial charge is 0.104 e. The lowest BCUT2D eigenvalue weighted by Gasteiger charge is -2.45. The highest BCUT2D eigenvalue weighted by Gasteiger charge is 2.34. The summed E-state index contributed by atoms with van der Waals surface area (Å²) in [6.45, 7) is 1.67. The van der Waals surface area contributed by atoms with Gasteiger partial charge >= 0.3 is 0 Å².